The van der Waals surface area contributed by atoms with Crippen molar-refractivity contribution in [3.05, 3.63) is 59.3 Å². The number of benzene rings is 2. The molecule has 0 bridgehead atoms. The predicted molar refractivity (Wildman–Crippen MR) is 121 cm³/mol. The molecule has 0 aliphatic heterocycles. The molecule has 0 fully saturated rings. The lowest BCUT2D eigenvalue weighted by molar-refractivity contribution is -0.117. The van der Waals surface area contributed by atoms with E-state index in [9.17, 15) is 10.1 Å². The fourth-order valence-corrected chi connectivity index (χ4v) is 3.06. The molecule has 2 atom stereocenters. The second kappa shape index (κ2) is 11.5. The fourth-order valence-electron chi connectivity index (χ4n) is 3.06. The molecule has 2 N–H and O–H groups in total. The van der Waals surface area contributed by atoms with Gasteiger partial charge in [-0.3, -0.25) is 4.79 Å². The monoisotopic (exact) mass is 439 g/mol. The summed E-state index contributed by atoms with van der Waals surface area (Å²) in [7, 11) is 6.25. The van der Waals surface area contributed by atoms with Gasteiger partial charge in [-0.15, -0.1) is 0 Å². The molecule has 0 saturated heterocycles. The minimum atomic E-state index is -0.484. The molecule has 2 rings (SSSR count). The summed E-state index contributed by atoms with van der Waals surface area (Å²) in [5, 5.41) is 15.4. The molecule has 1 amide bonds. The third kappa shape index (κ3) is 5.85. The van der Waals surface area contributed by atoms with Gasteiger partial charge in [-0.05, 0) is 49.2 Å². The molecule has 0 aromatic heterocycles. The van der Waals surface area contributed by atoms with Crippen molar-refractivity contribution in [2.24, 2.45) is 0 Å². The third-order valence-electron chi connectivity index (χ3n) is 5.01. The first-order valence-electron chi connectivity index (χ1n) is 9.99. The van der Waals surface area contributed by atoms with Crippen molar-refractivity contribution in [1.29, 1.82) is 5.26 Å². The highest BCUT2D eigenvalue weighted by Gasteiger charge is 2.16. The number of hydrogen-bond acceptors (Lipinski definition) is 7. The van der Waals surface area contributed by atoms with Gasteiger partial charge in [0.1, 0.15) is 11.6 Å². The van der Waals surface area contributed by atoms with Crippen LogP contribution < -0.4 is 29.6 Å². The van der Waals surface area contributed by atoms with Crippen LogP contribution >= 0.6 is 0 Å². The number of methoxy groups -OCH3 is 4. The molecule has 8 nitrogen and oxygen atoms in total. The van der Waals surface area contributed by atoms with E-state index < -0.39 is 5.91 Å². The molecule has 0 saturated carbocycles. The smallest absolute Gasteiger partial charge is 0.263 e. The number of nitriles is 1. The van der Waals surface area contributed by atoms with Crippen LogP contribution in [0.1, 0.15) is 37.1 Å². The first-order chi connectivity index (χ1) is 15.4. The summed E-state index contributed by atoms with van der Waals surface area (Å²) < 4.78 is 21.1. The molecule has 0 aliphatic rings. The molecule has 2 aromatic carbocycles. The summed E-state index contributed by atoms with van der Waals surface area (Å²) in [6, 6.07) is 12.4. The van der Waals surface area contributed by atoms with Crippen LogP contribution in [0.2, 0.25) is 0 Å². The van der Waals surface area contributed by atoms with E-state index in [0.29, 0.717) is 23.0 Å². The third-order valence-corrected chi connectivity index (χ3v) is 5.01. The molecule has 2 aromatic rings. The van der Waals surface area contributed by atoms with Gasteiger partial charge in [0.05, 0.1) is 34.5 Å². The van der Waals surface area contributed by atoms with Crippen molar-refractivity contribution < 1.29 is 23.7 Å². The first kappa shape index (κ1) is 24.4. The van der Waals surface area contributed by atoms with Crippen LogP contribution in [0.3, 0.4) is 0 Å². The van der Waals surface area contributed by atoms with Crippen LogP contribution in [-0.4, -0.2) is 34.3 Å². The number of hydrogen-bond donors (Lipinski definition) is 2. The first-order valence-corrected chi connectivity index (χ1v) is 9.99. The van der Waals surface area contributed by atoms with Crippen molar-refractivity contribution >= 4 is 5.91 Å². The Morgan fingerprint density at radius 1 is 0.844 bits per heavy atom. The Labute approximate surface area is 188 Å². The average molecular weight is 440 g/mol. The highest BCUT2D eigenvalue weighted by atomic mass is 16.5. The summed E-state index contributed by atoms with van der Waals surface area (Å²) in [4.78, 5) is 12.6. The molecule has 0 spiro atoms. The van der Waals surface area contributed by atoms with Gasteiger partial charge in [-0.1, -0.05) is 12.1 Å². The maximum Gasteiger partial charge on any atom is 0.263 e. The SMILES string of the molecule is COc1ccc(C(C)N/C=C(/C#N)C(=O)NC(C)c2ccc(OC)c(OC)c2)cc1OC. The van der Waals surface area contributed by atoms with Gasteiger partial charge in [0.2, 0.25) is 0 Å². The van der Waals surface area contributed by atoms with Gasteiger partial charge in [0, 0.05) is 12.2 Å². The number of carbonyl (C=O) groups excluding carboxylic acids is 1. The number of nitrogens with zero attached hydrogens (tertiary/aromatic N) is 1. The lowest BCUT2D eigenvalue weighted by Gasteiger charge is -2.17. The molecular formula is C24H29N3O5. The Morgan fingerprint density at radius 2 is 1.31 bits per heavy atom. The molecular weight excluding hydrogens is 410 g/mol. The second-order valence-electron chi connectivity index (χ2n) is 6.98. The van der Waals surface area contributed by atoms with Crippen LogP contribution in [0.4, 0.5) is 0 Å². The Hall–Kier alpha value is -3.86. The predicted octanol–water partition coefficient (Wildman–Crippen LogP) is 3.66. The maximum absolute atomic E-state index is 12.6. The standard InChI is InChI=1S/C24H29N3O5/c1-15(17-7-9-20(29-3)22(11-17)31-5)26-14-19(13-25)24(28)27-16(2)18-8-10-21(30-4)23(12-18)32-6/h7-12,14-16,26H,1-6H3,(H,27,28)/b19-14-. The Balaban J connectivity index is 2.09. The summed E-state index contributed by atoms with van der Waals surface area (Å²) in [6.07, 6.45) is 1.41. The molecule has 32 heavy (non-hydrogen) atoms. The van der Waals surface area contributed by atoms with Gasteiger partial charge in [-0.25, -0.2) is 0 Å². The maximum atomic E-state index is 12.6. The fraction of sp³-hybridized carbons (Fsp3) is 0.333. The van der Waals surface area contributed by atoms with Crippen molar-refractivity contribution in [3.8, 4) is 29.1 Å². The topological polar surface area (TPSA) is 102 Å². The van der Waals surface area contributed by atoms with Crippen molar-refractivity contribution in [2.45, 2.75) is 25.9 Å². The van der Waals surface area contributed by atoms with E-state index in [2.05, 4.69) is 10.6 Å². The second-order valence-corrected chi connectivity index (χ2v) is 6.98. The summed E-state index contributed by atoms with van der Waals surface area (Å²) >= 11 is 0. The van der Waals surface area contributed by atoms with E-state index >= 15 is 0 Å². The zero-order chi connectivity index (χ0) is 23.7. The van der Waals surface area contributed by atoms with E-state index in [4.69, 9.17) is 18.9 Å². The van der Waals surface area contributed by atoms with Crippen molar-refractivity contribution in [2.75, 3.05) is 28.4 Å². The normalized spacial score (nSPS) is 12.7. The summed E-state index contributed by atoms with van der Waals surface area (Å²) in [6.45, 7) is 3.74. The van der Waals surface area contributed by atoms with Crippen molar-refractivity contribution in [3.63, 3.8) is 0 Å². The zero-order valence-electron chi connectivity index (χ0n) is 19.2. The van der Waals surface area contributed by atoms with Crippen LogP contribution in [0.5, 0.6) is 23.0 Å². The lowest BCUT2D eigenvalue weighted by atomic mass is 10.1. The molecule has 0 aliphatic carbocycles. The minimum absolute atomic E-state index is 0.0374. The Kier molecular flexibility index (Phi) is 8.78. The molecule has 170 valence electrons. The van der Waals surface area contributed by atoms with Crippen LogP contribution in [0.25, 0.3) is 0 Å². The highest BCUT2D eigenvalue weighted by Crippen LogP contribution is 2.31. The minimum Gasteiger partial charge on any atom is -0.493 e. The number of ether oxygens (including phenoxy) is 4. The zero-order valence-corrected chi connectivity index (χ0v) is 19.2. The van der Waals surface area contributed by atoms with Gasteiger partial charge in [0.15, 0.2) is 23.0 Å². The van der Waals surface area contributed by atoms with E-state index in [1.54, 1.807) is 46.6 Å². The molecule has 8 heteroatoms. The molecule has 0 heterocycles. The van der Waals surface area contributed by atoms with Gasteiger partial charge < -0.3 is 29.6 Å². The number of carbonyl (C=O) groups is 1. The Morgan fingerprint density at radius 3 is 1.75 bits per heavy atom. The number of nitrogens with one attached hydrogen (secondary N) is 2. The largest absolute Gasteiger partial charge is 0.493 e. The van der Waals surface area contributed by atoms with Crippen LogP contribution in [-0.2, 0) is 4.79 Å². The Bertz CT molecular complexity index is 1010. The molecule has 2 unspecified atom stereocenters. The highest BCUT2D eigenvalue weighted by molar-refractivity contribution is 5.97. The van der Waals surface area contributed by atoms with E-state index in [0.717, 1.165) is 11.1 Å². The van der Waals surface area contributed by atoms with Crippen LogP contribution in [0.15, 0.2) is 48.2 Å². The number of rotatable bonds is 10. The van der Waals surface area contributed by atoms with E-state index in [-0.39, 0.29) is 17.7 Å². The van der Waals surface area contributed by atoms with Gasteiger partial charge >= 0.3 is 0 Å². The van der Waals surface area contributed by atoms with E-state index in [1.165, 1.54) is 6.20 Å². The summed E-state index contributed by atoms with van der Waals surface area (Å²) in [5.41, 5.74) is 1.69. The van der Waals surface area contributed by atoms with E-state index in [1.807, 2.05) is 38.1 Å². The number of amides is 1. The summed E-state index contributed by atoms with van der Waals surface area (Å²) in [5.74, 6) is 1.90. The van der Waals surface area contributed by atoms with Gasteiger partial charge in [-0.2, -0.15) is 5.26 Å². The average Bonchev–Trinajstić information content (AvgIpc) is 2.83. The lowest BCUT2D eigenvalue weighted by Crippen LogP contribution is -2.28. The quantitative estimate of drug-likeness (QED) is 0.430. The molecule has 0 radical (unpaired) electrons. The van der Waals surface area contributed by atoms with Crippen molar-refractivity contribution in [1.82, 2.24) is 10.6 Å². The van der Waals surface area contributed by atoms with Gasteiger partial charge in [0.25, 0.3) is 5.91 Å². The van der Waals surface area contributed by atoms with Crippen LogP contribution in [0, 0.1) is 11.3 Å².